The van der Waals surface area contributed by atoms with E-state index in [0.717, 1.165) is 43.5 Å². The minimum atomic E-state index is 0. The molecule has 7 nitrogen and oxygen atoms in total. The number of likely N-dealkylation sites (tertiary alicyclic amines) is 1. The predicted molar refractivity (Wildman–Crippen MR) is 124 cm³/mol. The van der Waals surface area contributed by atoms with Crippen LogP contribution in [0.15, 0.2) is 29.3 Å². The van der Waals surface area contributed by atoms with Gasteiger partial charge in [-0.25, -0.2) is 0 Å². The number of nitrogens with zero attached hydrogens (tertiary/aromatic N) is 3. The molecular weight excluding hydrogens is 469 g/mol. The van der Waals surface area contributed by atoms with Crippen molar-refractivity contribution in [1.82, 2.24) is 15.5 Å². The van der Waals surface area contributed by atoms with E-state index in [4.69, 9.17) is 4.74 Å². The Bertz CT molecular complexity index is 649. The number of ether oxygens (including phenoxy) is 1. The summed E-state index contributed by atoms with van der Waals surface area (Å²) in [6, 6.07) is 7.69. The van der Waals surface area contributed by atoms with E-state index in [0.29, 0.717) is 6.54 Å². The monoisotopic (exact) mass is 501 g/mol. The van der Waals surface area contributed by atoms with Crippen molar-refractivity contribution in [2.45, 2.75) is 25.7 Å². The summed E-state index contributed by atoms with van der Waals surface area (Å²) < 4.78 is 5.48. The Hall–Kier alpha value is -1.55. The van der Waals surface area contributed by atoms with E-state index in [2.05, 4.69) is 20.5 Å². The number of fused-ring (bicyclic) bond motifs is 1. The summed E-state index contributed by atoms with van der Waals surface area (Å²) in [5, 5.41) is 6.71. The highest BCUT2D eigenvalue weighted by molar-refractivity contribution is 14.0. The number of hydrogen-bond donors (Lipinski definition) is 2. The molecule has 1 aromatic rings. The lowest BCUT2D eigenvalue weighted by Gasteiger charge is -2.29. The van der Waals surface area contributed by atoms with Gasteiger partial charge in [-0.2, -0.15) is 0 Å². The normalized spacial score (nSPS) is 17.4. The van der Waals surface area contributed by atoms with Crippen molar-refractivity contribution in [1.29, 1.82) is 0 Å². The highest BCUT2D eigenvalue weighted by atomic mass is 127. The molecule has 0 aliphatic carbocycles. The number of amides is 1. The average Bonchev–Trinajstić information content (AvgIpc) is 2.72. The molecule has 0 aromatic heterocycles. The highest BCUT2D eigenvalue weighted by Gasteiger charge is 2.24. The van der Waals surface area contributed by atoms with Crippen LogP contribution in [-0.2, 0) is 4.79 Å². The van der Waals surface area contributed by atoms with Gasteiger partial charge in [0.05, 0.1) is 5.69 Å². The second kappa shape index (κ2) is 12.1. The van der Waals surface area contributed by atoms with Crippen molar-refractivity contribution >= 4 is 41.5 Å². The van der Waals surface area contributed by atoms with E-state index < -0.39 is 0 Å². The standard InChI is InChI=1S/C20H31N5O2.HI/c1-21-20(23-11-15-24-12-5-2-6-13-24)22-10-7-14-25-17-8-3-4-9-18(17)27-16-19(25)26;/h3-4,8-9H,2,5-7,10-16H2,1H3,(H2,21,22,23);1H. The van der Waals surface area contributed by atoms with Crippen LogP contribution in [0.4, 0.5) is 5.69 Å². The molecule has 1 saturated heterocycles. The number of nitrogens with one attached hydrogen (secondary N) is 2. The largest absolute Gasteiger partial charge is 0.482 e. The summed E-state index contributed by atoms with van der Waals surface area (Å²) in [7, 11) is 1.79. The summed E-state index contributed by atoms with van der Waals surface area (Å²) in [6.07, 6.45) is 4.84. The van der Waals surface area contributed by atoms with Crippen molar-refractivity contribution in [3.05, 3.63) is 24.3 Å². The Balaban J connectivity index is 0.00000280. The number of rotatable bonds is 7. The minimum absolute atomic E-state index is 0. The maximum Gasteiger partial charge on any atom is 0.265 e. The van der Waals surface area contributed by atoms with Crippen molar-refractivity contribution in [2.24, 2.45) is 4.99 Å². The van der Waals surface area contributed by atoms with Gasteiger partial charge in [0.15, 0.2) is 12.6 Å². The topological polar surface area (TPSA) is 69.2 Å². The van der Waals surface area contributed by atoms with Crippen LogP contribution in [-0.4, -0.2) is 69.7 Å². The number of hydrogen-bond acceptors (Lipinski definition) is 4. The number of aliphatic imine (C=N–C) groups is 1. The Morgan fingerprint density at radius 2 is 1.86 bits per heavy atom. The van der Waals surface area contributed by atoms with Gasteiger partial charge in [-0.1, -0.05) is 18.6 Å². The van der Waals surface area contributed by atoms with Crippen LogP contribution in [0.25, 0.3) is 0 Å². The fourth-order valence-corrected chi connectivity index (χ4v) is 3.58. The number of anilines is 1. The van der Waals surface area contributed by atoms with Crippen LogP contribution >= 0.6 is 24.0 Å². The molecule has 1 aromatic carbocycles. The van der Waals surface area contributed by atoms with Gasteiger partial charge in [-0.15, -0.1) is 24.0 Å². The fraction of sp³-hybridized carbons (Fsp3) is 0.600. The molecule has 2 aliphatic heterocycles. The van der Waals surface area contributed by atoms with Crippen LogP contribution in [0, 0.1) is 0 Å². The summed E-state index contributed by atoms with van der Waals surface area (Å²) in [5.74, 6) is 1.61. The molecule has 156 valence electrons. The van der Waals surface area contributed by atoms with Gasteiger partial charge < -0.3 is 25.2 Å². The highest BCUT2D eigenvalue weighted by Crippen LogP contribution is 2.31. The Morgan fingerprint density at radius 1 is 1.11 bits per heavy atom. The third-order valence-corrected chi connectivity index (χ3v) is 5.05. The van der Waals surface area contributed by atoms with E-state index in [-0.39, 0.29) is 36.5 Å². The molecule has 8 heteroatoms. The molecule has 1 amide bonds. The summed E-state index contributed by atoms with van der Waals surface area (Å²) in [6.45, 7) is 5.91. The van der Waals surface area contributed by atoms with E-state index in [9.17, 15) is 4.79 Å². The lowest BCUT2D eigenvalue weighted by molar-refractivity contribution is -0.121. The van der Waals surface area contributed by atoms with E-state index in [1.54, 1.807) is 7.05 Å². The number of guanidine groups is 1. The zero-order chi connectivity index (χ0) is 18.9. The zero-order valence-corrected chi connectivity index (χ0v) is 19.0. The van der Waals surface area contributed by atoms with Crippen molar-refractivity contribution in [3.63, 3.8) is 0 Å². The maximum absolute atomic E-state index is 12.2. The van der Waals surface area contributed by atoms with Gasteiger partial charge in [0, 0.05) is 33.2 Å². The first-order valence-corrected chi connectivity index (χ1v) is 9.97. The lowest BCUT2D eigenvalue weighted by atomic mass is 10.1. The zero-order valence-electron chi connectivity index (χ0n) is 16.7. The first-order chi connectivity index (χ1) is 13.3. The number of carbonyl (C=O) groups excluding carboxylic acids is 1. The Kier molecular flexibility index (Phi) is 9.83. The lowest BCUT2D eigenvalue weighted by Crippen LogP contribution is -2.44. The molecule has 2 N–H and O–H groups in total. The molecule has 2 aliphatic rings. The molecule has 0 radical (unpaired) electrons. The van der Waals surface area contributed by atoms with E-state index in [1.807, 2.05) is 29.2 Å². The van der Waals surface area contributed by atoms with Gasteiger partial charge >= 0.3 is 0 Å². The van der Waals surface area contributed by atoms with E-state index >= 15 is 0 Å². The minimum Gasteiger partial charge on any atom is -0.482 e. The van der Waals surface area contributed by atoms with Crippen LogP contribution < -0.4 is 20.3 Å². The van der Waals surface area contributed by atoms with E-state index in [1.165, 1.54) is 32.4 Å². The van der Waals surface area contributed by atoms with Gasteiger partial charge in [-0.3, -0.25) is 9.79 Å². The predicted octanol–water partition coefficient (Wildman–Crippen LogP) is 2.07. The van der Waals surface area contributed by atoms with Crippen molar-refractivity contribution in [2.75, 3.05) is 57.8 Å². The van der Waals surface area contributed by atoms with Gasteiger partial charge in [0.25, 0.3) is 5.91 Å². The Morgan fingerprint density at radius 3 is 2.64 bits per heavy atom. The molecule has 1 fully saturated rings. The van der Waals surface area contributed by atoms with Gasteiger partial charge in [0.1, 0.15) is 5.75 Å². The molecular formula is C20H32IN5O2. The molecule has 2 heterocycles. The number of halogens is 1. The average molecular weight is 501 g/mol. The van der Waals surface area contributed by atoms with Crippen LogP contribution in [0.5, 0.6) is 5.75 Å². The molecule has 0 spiro atoms. The molecule has 28 heavy (non-hydrogen) atoms. The number of piperidine rings is 1. The van der Waals surface area contributed by atoms with Crippen molar-refractivity contribution in [3.8, 4) is 5.75 Å². The molecule has 3 rings (SSSR count). The summed E-state index contributed by atoms with van der Waals surface area (Å²) in [5.41, 5.74) is 0.859. The first kappa shape index (κ1) is 22.7. The van der Waals surface area contributed by atoms with Gasteiger partial charge in [0.2, 0.25) is 0 Å². The van der Waals surface area contributed by atoms with Crippen LogP contribution in [0.3, 0.4) is 0 Å². The van der Waals surface area contributed by atoms with Crippen LogP contribution in [0.2, 0.25) is 0 Å². The first-order valence-electron chi connectivity index (χ1n) is 9.97. The third-order valence-electron chi connectivity index (χ3n) is 5.05. The quantitative estimate of drug-likeness (QED) is 0.259. The summed E-state index contributed by atoms with van der Waals surface area (Å²) in [4.78, 5) is 20.8. The number of benzene rings is 1. The Labute approximate surface area is 184 Å². The maximum atomic E-state index is 12.2. The third kappa shape index (κ3) is 6.51. The second-order valence-electron chi connectivity index (χ2n) is 6.98. The molecule has 0 atom stereocenters. The summed E-state index contributed by atoms with van der Waals surface area (Å²) >= 11 is 0. The molecule has 0 saturated carbocycles. The SMILES string of the molecule is CN=C(NCCCN1C(=O)COc2ccccc21)NCCN1CCCCC1.I. The fourth-order valence-electron chi connectivity index (χ4n) is 3.58. The van der Waals surface area contributed by atoms with Gasteiger partial charge in [-0.05, 0) is 44.5 Å². The van der Waals surface area contributed by atoms with Crippen LogP contribution in [0.1, 0.15) is 25.7 Å². The second-order valence-corrected chi connectivity index (χ2v) is 6.98. The smallest absolute Gasteiger partial charge is 0.265 e. The van der Waals surface area contributed by atoms with Crippen molar-refractivity contribution < 1.29 is 9.53 Å². The molecule has 0 unspecified atom stereocenters. The number of carbonyl (C=O) groups is 1. The number of para-hydroxylation sites is 2. The molecule has 0 bridgehead atoms.